The van der Waals surface area contributed by atoms with Crippen molar-refractivity contribution in [3.63, 3.8) is 0 Å². The first-order valence-electron chi connectivity index (χ1n) is 5.09. The van der Waals surface area contributed by atoms with E-state index in [9.17, 15) is 0 Å². The van der Waals surface area contributed by atoms with E-state index < -0.39 is 5.72 Å². The van der Waals surface area contributed by atoms with Crippen molar-refractivity contribution in [2.24, 2.45) is 4.99 Å². The van der Waals surface area contributed by atoms with Gasteiger partial charge in [-0.05, 0) is 6.08 Å². The fourth-order valence-corrected chi connectivity index (χ4v) is 2.07. The third-order valence-electron chi connectivity index (χ3n) is 2.78. The largest absolute Gasteiger partial charge is 0.387 e. The van der Waals surface area contributed by atoms with Crippen LogP contribution in [0.25, 0.3) is 0 Å². The number of rotatable bonds is 0. The fraction of sp³-hybridized carbons (Fsp3) is 0.250. The molecule has 3 heteroatoms. The molecule has 3 aliphatic heterocycles. The molecule has 0 saturated carbocycles. The highest BCUT2D eigenvalue weighted by Gasteiger charge is 2.39. The molecule has 0 fully saturated rings. The standard InChI is InChI=1S/C12H12N2O/c1-3-10-5-7-13-9-11-4-2-8-15-12(10,11)14-6-1/h1-6,9,13H,7-8H2. The quantitative estimate of drug-likeness (QED) is 0.640. The van der Waals surface area contributed by atoms with Gasteiger partial charge < -0.3 is 10.1 Å². The van der Waals surface area contributed by atoms with Gasteiger partial charge in [0.1, 0.15) is 0 Å². The van der Waals surface area contributed by atoms with Gasteiger partial charge in [0.05, 0.1) is 6.61 Å². The molecule has 3 heterocycles. The second-order valence-corrected chi connectivity index (χ2v) is 3.66. The van der Waals surface area contributed by atoms with Crippen molar-refractivity contribution in [2.45, 2.75) is 5.72 Å². The molecular weight excluding hydrogens is 188 g/mol. The van der Waals surface area contributed by atoms with Crippen LogP contribution in [0.5, 0.6) is 0 Å². The lowest BCUT2D eigenvalue weighted by Gasteiger charge is -2.34. The SMILES string of the molecule is C1=CC2=CCNC=C3C=CCOC23N=C1. The topological polar surface area (TPSA) is 33.6 Å². The Morgan fingerprint density at radius 3 is 3.33 bits per heavy atom. The summed E-state index contributed by atoms with van der Waals surface area (Å²) >= 11 is 0. The van der Waals surface area contributed by atoms with Crippen LogP contribution in [0.1, 0.15) is 0 Å². The number of aliphatic imine (C=N–C) groups is 1. The molecule has 0 aliphatic carbocycles. The van der Waals surface area contributed by atoms with Gasteiger partial charge in [-0.15, -0.1) is 0 Å². The molecule has 0 saturated heterocycles. The molecule has 15 heavy (non-hydrogen) atoms. The summed E-state index contributed by atoms with van der Waals surface area (Å²) in [5.74, 6) is 0. The van der Waals surface area contributed by atoms with Gasteiger partial charge in [-0.25, -0.2) is 4.99 Å². The van der Waals surface area contributed by atoms with Crippen LogP contribution >= 0.6 is 0 Å². The van der Waals surface area contributed by atoms with Gasteiger partial charge in [-0.1, -0.05) is 24.3 Å². The van der Waals surface area contributed by atoms with Crippen molar-refractivity contribution < 1.29 is 4.74 Å². The lowest BCUT2D eigenvalue weighted by Crippen LogP contribution is -2.37. The van der Waals surface area contributed by atoms with Crippen molar-refractivity contribution in [1.29, 1.82) is 0 Å². The smallest absolute Gasteiger partial charge is 0.212 e. The number of hydrogen-bond acceptors (Lipinski definition) is 3. The monoisotopic (exact) mass is 200 g/mol. The van der Waals surface area contributed by atoms with E-state index >= 15 is 0 Å². The maximum Gasteiger partial charge on any atom is 0.212 e. The Hall–Kier alpha value is -1.61. The highest BCUT2D eigenvalue weighted by molar-refractivity contribution is 5.76. The first kappa shape index (κ1) is 8.68. The molecule has 1 unspecified atom stereocenters. The molecule has 0 aromatic heterocycles. The number of dihydropyridines is 1. The first-order chi connectivity index (χ1) is 7.42. The zero-order valence-electron chi connectivity index (χ0n) is 8.31. The van der Waals surface area contributed by atoms with Gasteiger partial charge in [0.15, 0.2) is 0 Å². The minimum atomic E-state index is -0.590. The van der Waals surface area contributed by atoms with E-state index in [1.807, 2.05) is 18.4 Å². The van der Waals surface area contributed by atoms with E-state index in [1.54, 1.807) is 6.21 Å². The summed E-state index contributed by atoms with van der Waals surface area (Å²) < 4.78 is 5.84. The molecule has 3 aliphatic rings. The number of hydrogen-bond donors (Lipinski definition) is 1. The summed E-state index contributed by atoms with van der Waals surface area (Å²) in [6.07, 6.45) is 14.0. The van der Waals surface area contributed by atoms with E-state index in [1.165, 1.54) is 0 Å². The maximum atomic E-state index is 5.84. The van der Waals surface area contributed by atoms with Gasteiger partial charge in [0.2, 0.25) is 5.72 Å². The van der Waals surface area contributed by atoms with E-state index in [4.69, 9.17) is 4.74 Å². The lowest BCUT2D eigenvalue weighted by molar-refractivity contribution is 0.0350. The van der Waals surface area contributed by atoms with E-state index in [0.717, 1.165) is 17.7 Å². The minimum absolute atomic E-state index is 0.590. The average molecular weight is 200 g/mol. The molecule has 0 radical (unpaired) electrons. The van der Waals surface area contributed by atoms with Crippen LogP contribution < -0.4 is 5.32 Å². The zero-order chi connectivity index (χ0) is 10.1. The van der Waals surface area contributed by atoms with Crippen LogP contribution in [-0.2, 0) is 4.74 Å². The first-order valence-corrected chi connectivity index (χ1v) is 5.09. The van der Waals surface area contributed by atoms with Crippen molar-refractivity contribution in [2.75, 3.05) is 13.2 Å². The molecule has 0 bridgehead atoms. The molecule has 3 rings (SSSR count). The molecule has 0 amide bonds. The highest BCUT2D eigenvalue weighted by Crippen LogP contribution is 2.37. The zero-order valence-corrected chi connectivity index (χ0v) is 8.31. The van der Waals surface area contributed by atoms with E-state index in [0.29, 0.717) is 6.61 Å². The van der Waals surface area contributed by atoms with Crippen LogP contribution in [0.2, 0.25) is 0 Å². The number of allylic oxidation sites excluding steroid dienone is 1. The lowest BCUT2D eigenvalue weighted by atomic mass is 9.91. The van der Waals surface area contributed by atoms with Crippen molar-refractivity contribution in [1.82, 2.24) is 5.32 Å². The Morgan fingerprint density at radius 2 is 2.33 bits per heavy atom. The van der Waals surface area contributed by atoms with Gasteiger partial charge in [-0.2, -0.15) is 0 Å². The predicted molar refractivity (Wildman–Crippen MR) is 59.6 cm³/mol. The molecule has 0 aromatic rings. The minimum Gasteiger partial charge on any atom is -0.387 e. The Labute approximate surface area is 88.5 Å². The van der Waals surface area contributed by atoms with Crippen LogP contribution in [0.4, 0.5) is 0 Å². The Kier molecular flexibility index (Phi) is 1.86. The van der Waals surface area contributed by atoms with Crippen molar-refractivity contribution in [3.05, 3.63) is 47.7 Å². The van der Waals surface area contributed by atoms with Crippen LogP contribution in [0.3, 0.4) is 0 Å². The van der Waals surface area contributed by atoms with Gasteiger partial charge in [0.25, 0.3) is 0 Å². The molecule has 1 atom stereocenters. The molecule has 1 N–H and O–H groups in total. The summed E-state index contributed by atoms with van der Waals surface area (Å²) in [5, 5.41) is 3.22. The summed E-state index contributed by atoms with van der Waals surface area (Å²) in [5.41, 5.74) is 1.59. The van der Waals surface area contributed by atoms with Gasteiger partial charge in [0, 0.05) is 30.1 Å². The second kappa shape index (κ2) is 3.21. The predicted octanol–water partition coefficient (Wildman–Crippen LogP) is 1.32. The normalized spacial score (nSPS) is 32.0. The number of nitrogens with one attached hydrogen (secondary N) is 1. The number of ether oxygens (including phenoxy) is 1. The second-order valence-electron chi connectivity index (χ2n) is 3.66. The molecular formula is C12H12N2O. The third-order valence-corrected chi connectivity index (χ3v) is 2.78. The van der Waals surface area contributed by atoms with Crippen LogP contribution in [-0.4, -0.2) is 25.1 Å². The maximum absolute atomic E-state index is 5.84. The van der Waals surface area contributed by atoms with Crippen molar-refractivity contribution >= 4 is 6.21 Å². The van der Waals surface area contributed by atoms with Crippen molar-refractivity contribution in [3.8, 4) is 0 Å². The third kappa shape index (κ3) is 1.20. The van der Waals surface area contributed by atoms with Crippen LogP contribution in [0.15, 0.2) is 52.7 Å². The highest BCUT2D eigenvalue weighted by atomic mass is 16.5. The summed E-state index contributed by atoms with van der Waals surface area (Å²) in [4.78, 5) is 4.50. The fourth-order valence-electron chi connectivity index (χ4n) is 2.07. The Morgan fingerprint density at radius 1 is 1.33 bits per heavy atom. The Balaban J connectivity index is 2.18. The average Bonchev–Trinajstić information content (AvgIpc) is 2.47. The van der Waals surface area contributed by atoms with E-state index in [-0.39, 0.29) is 0 Å². The van der Waals surface area contributed by atoms with Gasteiger partial charge in [-0.3, -0.25) is 0 Å². The molecule has 3 nitrogen and oxygen atoms in total. The van der Waals surface area contributed by atoms with E-state index in [2.05, 4.69) is 28.5 Å². The summed E-state index contributed by atoms with van der Waals surface area (Å²) in [6, 6.07) is 0. The van der Waals surface area contributed by atoms with Gasteiger partial charge >= 0.3 is 0 Å². The molecule has 1 spiro atoms. The summed E-state index contributed by atoms with van der Waals surface area (Å²) in [7, 11) is 0. The number of nitrogens with zero attached hydrogens (tertiary/aromatic N) is 1. The van der Waals surface area contributed by atoms with Crippen LogP contribution in [0, 0.1) is 0 Å². The molecule has 76 valence electrons. The Bertz CT molecular complexity index is 429. The molecule has 0 aromatic carbocycles. The summed E-state index contributed by atoms with van der Waals surface area (Å²) in [6.45, 7) is 1.43.